The summed E-state index contributed by atoms with van der Waals surface area (Å²) in [5.74, 6) is -0.263. The summed E-state index contributed by atoms with van der Waals surface area (Å²) in [6, 6.07) is 5.70. The summed E-state index contributed by atoms with van der Waals surface area (Å²) >= 11 is 1.62. The van der Waals surface area contributed by atoms with Crippen LogP contribution in [0.2, 0.25) is 0 Å². The molecule has 24 heavy (non-hydrogen) atoms. The Balaban J connectivity index is 1.60. The van der Waals surface area contributed by atoms with Gasteiger partial charge >= 0.3 is 5.97 Å². The molecule has 126 valence electrons. The fourth-order valence-electron chi connectivity index (χ4n) is 2.86. The van der Waals surface area contributed by atoms with Crippen molar-refractivity contribution < 1.29 is 14.3 Å². The molecule has 0 radical (unpaired) electrons. The van der Waals surface area contributed by atoms with Crippen molar-refractivity contribution in [2.24, 2.45) is 5.92 Å². The van der Waals surface area contributed by atoms with Crippen LogP contribution in [0.4, 0.5) is 0 Å². The van der Waals surface area contributed by atoms with Crippen LogP contribution in [0.5, 0.6) is 0 Å². The molecule has 0 N–H and O–H groups in total. The third-order valence-corrected chi connectivity index (χ3v) is 4.91. The zero-order valence-electron chi connectivity index (χ0n) is 13.6. The SMILES string of the molecule is CCOC(=O)C1CCN(C(=O)c2ccc(-c3ccsc3)nc2)CC1. The Kier molecular flexibility index (Phi) is 5.25. The monoisotopic (exact) mass is 344 g/mol. The van der Waals surface area contributed by atoms with Gasteiger partial charge in [0.25, 0.3) is 5.91 Å². The zero-order valence-corrected chi connectivity index (χ0v) is 14.4. The number of ether oxygens (including phenoxy) is 1. The highest BCUT2D eigenvalue weighted by Crippen LogP contribution is 2.22. The highest BCUT2D eigenvalue weighted by atomic mass is 32.1. The second-order valence-corrected chi connectivity index (χ2v) is 6.54. The topological polar surface area (TPSA) is 59.5 Å². The minimum Gasteiger partial charge on any atom is -0.466 e. The van der Waals surface area contributed by atoms with Crippen molar-refractivity contribution in [2.45, 2.75) is 19.8 Å². The molecule has 0 saturated carbocycles. The zero-order chi connectivity index (χ0) is 16.9. The highest BCUT2D eigenvalue weighted by molar-refractivity contribution is 7.08. The summed E-state index contributed by atoms with van der Waals surface area (Å²) in [5, 5.41) is 4.04. The van der Waals surface area contributed by atoms with Crippen LogP contribution in [0.3, 0.4) is 0 Å². The van der Waals surface area contributed by atoms with Crippen molar-refractivity contribution >= 4 is 23.2 Å². The maximum Gasteiger partial charge on any atom is 0.309 e. The van der Waals surface area contributed by atoms with Gasteiger partial charge in [0.05, 0.1) is 23.8 Å². The van der Waals surface area contributed by atoms with Gasteiger partial charge < -0.3 is 9.64 Å². The summed E-state index contributed by atoms with van der Waals surface area (Å²) in [4.78, 5) is 30.5. The third-order valence-electron chi connectivity index (χ3n) is 4.23. The van der Waals surface area contributed by atoms with Crippen LogP contribution in [-0.2, 0) is 9.53 Å². The standard InChI is InChI=1S/C18H20N2O3S/c1-2-23-18(22)13-5-8-20(9-6-13)17(21)14-3-4-16(19-11-14)15-7-10-24-12-15/h3-4,7,10-13H,2,5-6,8-9H2,1H3. The van der Waals surface area contributed by atoms with Crippen LogP contribution in [0.1, 0.15) is 30.1 Å². The summed E-state index contributed by atoms with van der Waals surface area (Å²) in [5.41, 5.74) is 2.52. The molecule has 1 aliphatic heterocycles. The maximum atomic E-state index is 12.6. The van der Waals surface area contributed by atoms with E-state index in [1.165, 1.54) is 0 Å². The molecule has 1 fully saturated rings. The Morgan fingerprint density at radius 3 is 2.67 bits per heavy atom. The number of carbonyl (C=O) groups is 2. The fourth-order valence-corrected chi connectivity index (χ4v) is 3.51. The van der Waals surface area contributed by atoms with Gasteiger partial charge in [0.1, 0.15) is 0 Å². The number of esters is 1. The van der Waals surface area contributed by atoms with Crippen LogP contribution in [0, 0.1) is 5.92 Å². The van der Waals surface area contributed by atoms with E-state index in [1.54, 1.807) is 22.4 Å². The largest absolute Gasteiger partial charge is 0.466 e. The fraction of sp³-hybridized carbons (Fsp3) is 0.389. The number of pyridine rings is 1. The lowest BCUT2D eigenvalue weighted by atomic mass is 9.96. The molecule has 2 aromatic heterocycles. The second-order valence-electron chi connectivity index (χ2n) is 5.76. The average Bonchev–Trinajstić information content (AvgIpc) is 3.16. The average molecular weight is 344 g/mol. The molecule has 2 aromatic rings. The van der Waals surface area contributed by atoms with Crippen LogP contribution >= 0.6 is 11.3 Å². The molecule has 0 atom stereocenters. The molecule has 0 unspecified atom stereocenters. The van der Waals surface area contributed by atoms with Crippen molar-refractivity contribution in [3.8, 4) is 11.3 Å². The quantitative estimate of drug-likeness (QED) is 0.799. The van der Waals surface area contributed by atoms with E-state index in [1.807, 2.05) is 35.9 Å². The number of thiophene rings is 1. The molecule has 5 nitrogen and oxygen atoms in total. The minimum absolute atomic E-state index is 0.0262. The van der Waals surface area contributed by atoms with Gasteiger partial charge in [-0.3, -0.25) is 14.6 Å². The molecule has 1 amide bonds. The van der Waals surface area contributed by atoms with Gasteiger partial charge in [-0.05, 0) is 43.3 Å². The number of rotatable bonds is 4. The number of hydrogen-bond acceptors (Lipinski definition) is 5. The molecule has 3 heterocycles. The third kappa shape index (κ3) is 3.64. The van der Waals surface area contributed by atoms with Gasteiger partial charge in [-0.25, -0.2) is 0 Å². The Hall–Kier alpha value is -2.21. The molecular formula is C18H20N2O3S. The molecule has 0 aromatic carbocycles. The van der Waals surface area contributed by atoms with E-state index in [0.717, 1.165) is 11.3 Å². The molecule has 0 aliphatic carbocycles. The predicted octanol–water partition coefficient (Wildman–Crippen LogP) is 3.23. The van der Waals surface area contributed by atoms with E-state index in [2.05, 4.69) is 4.98 Å². The van der Waals surface area contributed by atoms with Gasteiger partial charge in [-0.2, -0.15) is 11.3 Å². The van der Waals surface area contributed by atoms with Gasteiger partial charge in [0.15, 0.2) is 0 Å². The summed E-state index contributed by atoms with van der Waals surface area (Å²) in [6.07, 6.45) is 2.95. The Labute approximate surface area is 145 Å². The maximum absolute atomic E-state index is 12.6. The normalized spacial score (nSPS) is 15.3. The van der Waals surface area contributed by atoms with Gasteiger partial charge in [0.2, 0.25) is 0 Å². The molecular weight excluding hydrogens is 324 g/mol. The number of likely N-dealkylation sites (tertiary alicyclic amines) is 1. The molecule has 0 bridgehead atoms. The Bertz CT molecular complexity index is 690. The van der Waals surface area contributed by atoms with E-state index in [-0.39, 0.29) is 17.8 Å². The van der Waals surface area contributed by atoms with Crippen molar-refractivity contribution in [1.82, 2.24) is 9.88 Å². The molecule has 6 heteroatoms. The Morgan fingerprint density at radius 1 is 1.29 bits per heavy atom. The molecule has 1 saturated heterocycles. The lowest BCUT2D eigenvalue weighted by molar-refractivity contribution is -0.149. The summed E-state index contributed by atoms with van der Waals surface area (Å²) in [6.45, 7) is 3.37. The molecule has 0 spiro atoms. The van der Waals surface area contributed by atoms with E-state index >= 15 is 0 Å². The highest BCUT2D eigenvalue weighted by Gasteiger charge is 2.28. The van der Waals surface area contributed by atoms with Gasteiger partial charge in [-0.1, -0.05) is 0 Å². The minimum atomic E-state index is -0.147. The van der Waals surface area contributed by atoms with Gasteiger partial charge in [-0.15, -0.1) is 0 Å². The first-order chi connectivity index (χ1) is 11.7. The van der Waals surface area contributed by atoms with E-state index < -0.39 is 0 Å². The molecule has 1 aliphatic rings. The lowest BCUT2D eigenvalue weighted by Crippen LogP contribution is -2.40. The Morgan fingerprint density at radius 2 is 2.08 bits per heavy atom. The second kappa shape index (κ2) is 7.57. The van der Waals surface area contributed by atoms with Crippen LogP contribution in [0.25, 0.3) is 11.3 Å². The first kappa shape index (κ1) is 16.6. The van der Waals surface area contributed by atoms with E-state index in [9.17, 15) is 9.59 Å². The number of aromatic nitrogens is 1. The number of hydrogen-bond donors (Lipinski definition) is 0. The van der Waals surface area contributed by atoms with Crippen molar-refractivity contribution in [1.29, 1.82) is 0 Å². The van der Waals surface area contributed by atoms with Crippen molar-refractivity contribution in [3.63, 3.8) is 0 Å². The lowest BCUT2D eigenvalue weighted by Gasteiger charge is -2.30. The predicted molar refractivity (Wildman–Crippen MR) is 92.8 cm³/mol. The molecule has 3 rings (SSSR count). The van der Waals surface area contributed by atoms with Crippen molar-refractivity contribution in [2.75, 3.05) is 19.7 Å². The first-order valence-corrected chi connectivity index (χ1v) is 9.08. The van der Waals surface area contributed by atoms with Crippen LogP contribution < -0.4 is 0 Å². The van der Waals surface area contributed by atoms with Gasteiger partial charge in [0, 0.05) is 30.2 Å². The van der Waals surface area contributed by atoms with Crippen LogP contribution in [0.15, 0.2) is 35.2 Å². The first-order valence-electron chi connectivity index (χ1n) is 8.13. The van der Waals surface area contributed by atoms with Crippen molar-refractivity contribution in [3.05, 3.63) is 40.7 Å². The van der Waals surface area contributed by atoms with E-state index in [4.69, 9.17) is 4.74 Å². The number of nitrogens with zero attached hydrogens (tertiary/aromatic N) is 2. The smallest absolute Gasteiger partial charge is 0.309 e. The summed E-state index contributed by atoms with van der Waals surface area (Å²) in [7, 11) is 0. The summed E-state index contributed by atoms with van der Waals surface area (Å²) < 4.78 is 5.06. The number of amides is 1. The van der Waals surface area contributed by atoms with E-state index in [0.29, 0.717) is 38.1 Å². The number of carbonyl (C=O) groups excluding carboxylic acids is 2. The number of piperidine rings is 1. The van der Waals surface area contributed by atoms with Crippen LogP contribution in [-0.4, -0.2) is 41.5 Å².